The quantitative estimate of drug-likeness (QED) is 0.842. The molecular weight excluding hydrogens is 236 g/mol. The molecule has 0 radical (unpaired) electrons. The maximum atomic E-state index is 10.0. The smallest absolute Gasteiger partial charge is 0.148 e. The lowest BCUT2D eigenvalue weighted by Crippen LogP contribution is -1.94. The first-order valence-electron chi connectivity index (χ1n) is 5.86. The predicted molar refractivity (Wildman–Crippen MR) is 77.0 cm³/mol. The van der Waals surface area contributed by atoms with E-state index in [0.717, 1.165) is 11.1 Å². The average molecular weight is 250 g/mol. The highest BCUT2D eigenvalue weighted by molar-refractivity contribution is 5.81. The molecule has 2 rings (SSSR count). The molecule has 19 heavy (non-hydrogen) atoms. The summed E-state index contributed by atoms with van der Waals surface area (Å²) in [5.41, 5.74) is 2.41. The molecule has 2 nitrogen and oxygen atoms in total. The van der Waals surface area contributed by atoms with E-state index < -0.39 is 0 Å². The molecule has 0 aliphatic rings. The summed E-state index contributed by atoms with van der Waals surface area (Å²) in [6.07, 6.45) is 5.12. The van der Waals surface area contributed by atoms with Crippen molar-refractivity contribution in [3.63, 3.8) is 0 Å². The Balaban J connectivity index is 2.27. The fourth-order valence-electron chi connectivity index (χ4n) is 1.78. The van der Waals surface area contributed by atoms with E-state index in [-0.39, 0.29) is 12.4 Å². The minimum absolute atomic E-state index is 0.128. The Labute approximate surface area is 113 Å². The standard InChI is InChI=1S/C17H14O2/c1-3-11-19-15-9-10-16(17(18)12-15)13(2)14-7-5-4-6-8-14/h1,4-10,12,18H,2,11H2. The van der Waals surface area contributed by atoms with Crippen molar-refractivity contribution in [3.8, 4) is 23.8 Å². The Morgan fingerprint density at radius 2 is 1.95 bits per heavy atom. The molecule has 94 valence electrons. The molecule has 0 saturated carbocycles. The minimum Gasteiger partial charge on any atom is -0.507 e. The number of hydrogen-bond donors (Lipinski definition) is 1. The van der Waals surface area contributed by atoms with Crippen molar-refractivity contribution in [2.45, 2.75) is 0 Å². The van der Waals surface area contributed by atoms with E-state index >= 15 is 0 Å². The highest BCUT2D eigenvalue weighted by atomic mass is 16.5. The first kappa shape index (κ1) is 12.8. The first-order chi connectivity index (χ1) is 9.22. The van der Waals surface area contributed by atoms with Crippen LogP contribution in [0.25, 0.3) is 5.57 Å². The Bertz CT molecular complexity index is 621. The molecular formula is C17H14O2. The number of aromatic hydroxyl groups is 1. The van der Waals surface area contributed by atoms with Gasteiger partial charge in [0.05, 0.1) is 0 Å². The minimum atomic E-state index is 0.128. The molecule has 0 aliphatic carbocycles. The SMILES string of the molecule is C#CCOc1ccc(C(=C)c2ccccc2)c(O)c1. The van der Waals surface area contributed by atoms with Crippen LogP contribution in [0.15, 0.2) is 55.1 Å². The van der Waals surface area contributed by atoms with Gasteiger partial charge in [0, 0.05) is 11.6 Å². The highest BCUT2D eigenvalue weighted by Gasteiger charge is 2.08. The molecule has 0 saturated heterocycles. The Hall–Kier alpha value is -2.66. The molecule has 2 heteroatoms. The van der Waals surface area contributed by atoms with Crippen LogP contribution in [0, 0.1) is 12.3 Å². The van der Waals surface area contributed by atoms with Crippen molar-refractivity contribution in [3.05, 3.63) is 66.2 Å². The molecule has 0 aromatic heterocycles. The summed E-state index contributed by atoms with van der Waals surface area (Å²) >= 11 is 0. The van der Waals surface area contributed by atoms with Crippen molar-refractivity contribution >= 4 is 5.57 Å². The fraction of sp³-hybridized carbons (Fsp3) is 0.0588. The molecule has 0 amide bonds. The lowest BCUT2D eigenvalue weighted by molar-refractivity contribution is 0.366. The van der Waals surface area contributed by atoms with Gasteiger partial charge in [-0.1, -0.05) is 42.8 Å². The number of ether oxygens (including phenoxy) is 1. The maximum Gasteiger partial charge on any atom is 0.148 e. The van der Waals surface area contributed by atoms with E-state index in [0.29, 0.717) is 11.3 Å². The van der Waals surface area contributed by atoms with Gasteiger partial charge in [0.15, 0.2) is 0 Å². The zero-order valence-corrected chi connectivity index (χ0v) is 10.5. The van der Waals surface area contributed by atoms with Crippen LogP contribution in [0.4, 0.5) is 0 Å². The van der Waals surface area contributed by atoms with Crippen molar-refractivity contribution in [2.24, 2.45) is 0 Å². The Morgan fingerprint density at radius 1 is 1.21 bits per heavy atom. The number of phenolic OH excluding ortho intramolecular Hbond substituents is 1. The van der Waals surface area contributed by atoms with Crippen LogP contribution in [-0.4, -0.2) is 11.7 Å². The van der Waals surface area contributed by atoms with Gasteiger partial charge in [-0.2, -0.15) is 0 Å². The van der Waals surface area contributed by atoms with E-state index in [1.807, 2.05) is 30.3 Å². The van der Waals surface area contributed by atoms with Crippen molar-refractivity contribution in [1.82, 2.24) is 0 Å². The average Bonchev–Trinajstić information content (AvgIpc) is 2.45. The summed E-state index contributed by atoms with van der Waals surface area (Å²) in [6, 6.07) is 14.8. The number of terminal acetylenes is 1. The van der Waals surface area contributed by atoms with Crippen LogP contribution in [0.5, 0.6) is 11.5 Å². The normalized spacial score (nSPS) is 9.63. The van der Waals surface area contributed by atoms with Gasteiger partial charge >= 0.3 is 0 Å². The van der Waals surface area contributed by atoms with E-state index in [1.54, 1.807) is 18.2 Å². The first-order valence-corrected chi connectivity index (χ1v) is 5.86. The molecule has 0 fully saturated rings. The van der Waals surface area contributed by atoms with Crippen LogP contribution >= 0.6 is 0 Å². The van der Waals surface area contributed by atoms with Crippen molar-refractivity contribution < 1.29 is 9.84 Å². The van der Waals surface area contributed by atoms with E-state index in [4.69, 9.17) is 11.2 Å². The zero-order chi connectivity index (χ0) is 13.7. The van der Waals surface area contributed by atoms with Crippen molar-refractivity contribution in [1.29, 1.82) is 0 Å². The maximum absolute atomic E-state index is 10.0. The van der Waals surface area contributed by atoms with Gasteiger partial charge < -0.3 is 9.84 Å². The molecule has 0 unspecified atom stereocenters. The third kappa shape index (κ3) is 2.97. The molecule has 2 aromatic rings. The van der Waals surface area contributed by atoms with Gasteiger partial charge in [-0.25, -0.2) is 0 Å². The molecule has 0 bridgehead atoms. The van der Waals surface area contributed by atoms with Gasteiger partial charge in [-0.15, -0.1) is 6.42 Å². The number of benzene rings is 2. The summed E-state index contributed by atoms with van der Waals surface area (Å²) in [4.78, 5) is 0. The summed E-state index contributed by atoms with van der Waals surface area (Å²) < 4.78 is 5.25. The lowest BCUT2D eigenvalue weighted by Gasteiger charge is -2.10. The Kier molecular flexibility index (Phi) is 3.90. The fourth-order valence-corrected chi connectivity index (χ4v) is 1.78. The number of phenols is 1. The highest BCUT2D eigenvalue weighted by Crippen LogP contribution is 2.31. The largest absolute Gasteiger partial charge is 0.507 e. The molecule has 0 atom stereocenters. The molecule has 0 spiro atoms. The summed E-state index contributed by atoms with van der Waals surface area (Å²) in [6.45, 7) is 4.19. The van der Waals surface area contributed by atoms with Gasteiger partial charge in [0.25, 0.3) is 0 Å². The predicted octanol–water partition coefficient (Wildman–Crippen LogP) is 3.47. The van der Waals surface area contributed by atoms with Gasteiger partial charge in [0.2, 0.25) is 0 Å². The molecule has 2 aromatic carbocycles. The van der Waals surface area contributed by atoms with Crippen molar-refractivity contribution in [2.75, 3.05) is 6.61 Å². The van der Waals surface area contributed by atoms with Crippen LogP contribution < -0.4 is 4.74 Å². The van der Waals surface area contributed by atoms with Gasteiger partial charge in [-0.05, 0) is 23.3 Å². The van der Waals surface area contributed by atoms with E-state index in [9.17, 15) is 5.11 Å². The van der Waals surface area contributed by atoms with Gasteiger partial charge in [-0.3, -0.25) is 0 Å². The third-order valence-corrected chi connectivity index (χ3v) is 2.74. The van der Waals surface area contributed by atoms with Crippen LogP contribution in [0.3, 0.4) is 0 Å². The van der Waals surface area contributed by atoms with Gasteiger partial charge in [0.1, 0.15) is 18.1 Å². The third-order valence-electron chi connectivity index (χ3n) is 2.74. The zero-order valence-electron chi connectivity index (χ0n) is 10.5. The summed E-state index contributed by atoms with van der Waals surface area (Å²) in [7, 11) is 0. The van der Waals surface area contributed by atoms with E-state index in [1.165, 1.54) is 0 Å². The Morgan fingerprint density at radius 3 is 2.58 bits per heavy atom. The van der Waals surface area contributed by atoms with E-state index in [2.05, 4.69) is 12.5 Å². The summed E-state index contributed by atoms with van der Waals surface area (Å²) in [5.74, 6) is 3.05. The summed E-state index contributed by atoms with van der Waals surface area (Å²) in [5, 5.41) is 10.0. The number of hydrogen-bond acceptors (Lipinski definition) is 2. The second-order valence-corrected chi connectivity index (χ2v) is 4.02. The monoisotopic (exact) mass is 250 g/mol. The van der Waals surface area contributed by atoms with Crippen LogP contribution in [0.1, 0.15) is 11.1 Å². The molecule has 0 aliphatic heterocycles. The molecule has 0 heterocycles. The van der Waals surface area contributed by atoms with Crippen LogP contribution in [0.2, 0.25) is 0 Å². The lowest BCUT2D eigenvalue weighted by atomic mass is 9.99. The second kappa shape index (κ2) is 5.79. The number of rotatable bonds is 4. The topological polar surface area (TPSA) is 29.5 Å². The second-order valence-electron chi connectivity index (χ2n) is 4.02. The molecule has 1 N–H and O–H groups in total. The van der Waals surface area contributed by atoms with Crippen LogP contribution in [-0.2, 0) is 0 Å².